The van der Waals surface area contributed by atoms with Gasteiger partial charge in [-0.1, -0.05) is 0 Å². The van der Waals surface area contributed by atoms with Crippen molar-refractivity contribution in [2.45, 2.75) is 52.2 Å². The first-order chi connectivity index (χ1) is 11.5. The van der Waals surface area contributed by atoms with Crippen molar-refractivity contribution in [3.63, 3.8) is 0 Å². The molecule has 0 atom stereocenters. The lowest BCUT2D eigenvalue weighted by molar-refractivity contribution is -0.137. The van der Waals surface area contributed by atoms with Crippen molar-refractivity contribution >= 4 is 23.6 Å². The minimum atomic E-state index is -0.929. The lowest BCUT2D eigenvalue weighted by Crippen LogP contribution is -2.45. The number of urea groups is 1. The van der Waals surface area contributed by atoms with Crippen LogP contribution in [0.3, 0.4) is 0 Å². The molecule has 0 aliphatic carbocycles. The van der Waals surface area contributed by atoms with E-state index in [0.29, 0.717) is 11.4 Å². The smallest absolute Gasteiger partial charge is 0.319 e. The van der Waals surface area contributed by atoms with Gasteiger partial charge in [-0.15, -0.1) is 0 Å². The summed E-state index contributed by atoms with van der Waals surface area (Å²) in [6, 6.07) is 4.08. The van der Waals surface area contributed by atoms with Gasteiger partial charge >= 0.3 is 12.0 Å². The number of hydrogen-bond acceptors (Lipinski definition) is 4. The van der Waals surface area contributed by atoms with Gasteiger partial charge in [0.1, 0.15) is 5.75 Å². The summed E-state index contributed by atoms with van der Waals surface area (Å²) in [5.41, 5.74) is 5.19. The molecule has 0 spiro atoms. The van der Waals surface area contributed by atoms with Gasteiger partial charge in [0, 0.05) is 17.6 Å². The van der Waals surface area contributed by atoms with E-state index in [2.05, 4.69) is 10.6 Å². The minimum absolute atomic E-state index is 0.0552. The fourth-order valence-corrected chi connectivity index (χ4v) is 2.11. The molecule has 0 saturated carbocycles. The van der Waals surface area contributed by atoms with Gasteiger partial charge in [-0.2, -0.15) is 0 Å². The van der Waals surface area contributed by atoms with Crippen LogP contribution in [-0.4, -0.2) is 34.7 Å². The number of nitrogens with one attached hydrogen (secondary N) is 2. The number of nitrogens with two attached hydrogens (primary N) is 1. The van der Waals surface area contributed by atoms with E-state index >= 15 is 0 Å². The van der Waals surface area contributed by atoms with Crippen molar-refractivity contribution in [2.24, 2.45) is 5.73 Å². The number of benzene rings is 1. The Morgan fingerprint density at radius 1 is 1.28 bits per heavy atom. The zero-order chi connectivity index (χ0) is 19.2. The Hall–Kier alpha value is -2.77. The number of hydrogen-bond donors (Lipinski definition) is 4. The van der Waals surface area contributed by atoms with Crippen LogP contribution in [0.25, 0.3) is 0 Å². The maximum Gasteiger partial charge on any atom is 0.319 e. The zero-order valence-corrected chi connectivity index (χ0v) is 14.9. The second-order valence-corrected chi connectivity index (χ2v) is 6.60. The van der Waals surface area contributed by atoms with E-state index in [-0.39, 0.29) is 24.5 Å². The van der Waals surface area contributed by atoms with Crippen LogP contribution in [0.15, 0.2) is 18.2 Å². The minimum Gasteiger partial charge on any atom is -0.490 e. The molecule has 0 bridgehead atoms. The molecule has 0 fully saturated rings. The van der Waals surface area contributed by atoms with Crippen LogP contribution in [0, 0.1) is 0 Å². The standard InChI is InChI=1S/C17H25N3O5/c1-10(2)25-13-6-5-11(9-12(13)15(18)23)19-16(24)20-17(3,4)8-7-14(21)22/h5-6,9-10H,7-8H2,1-4H3,(H2,18,23)(H,21,22)(H2,19,20,24). The molecular formula is C17H25N3O5. The monoisotopic (exact) mass is 351 g/mol. The van der Waals surface area contributed by atoms with E-state index in [1.54, 1.807) is 26.0 Å². The Labute approximate surface area is 146 Å². The highest BCUT2D eigenvalue weighted by molar-refractivity contribution is 5.98. The van der Waals surface area contributed by atoms with E-state index < -0.39 is 23.4 Å². The highest BCUT2D eigenvalue weighted by atomic mass is 16.5. The summed E-state index contributed by atoms with van der Waals surface area (Å²) in [6.45, 7) is 7.10. The first-order valence-corrected chi connectivity index (χ1v) is 7.91. The number of primary amides is 1. The molecule has 0 unspecified atom stereocenters. The maximum absolute atomic E-state index is 12.1. The Bertz CT molecular complexity index is 656. The van der Waals surface area contributed by atoms with Gasteiger partial charge in [0.05, 0.1) is 11.7 Å². The maximum atomic E-state index is 12.1. The van der Waals surface area contributed by atoms with Gasteiger partial charge in [0.2, 0.25) is 0 Å². The molecule has 1 aromatic carbocycles. The number of anilines is 1. The number of carboxylic acids is 1. The number of aliphatic carboxylic acids is 1. The predicted molar refractivity (Wildman–Crippen MR) is 93.8 cm³/mol. The molecule has 0 aromatic heterocycles. The number of carboxylic acid groups (broad SMARTS) is 1. The molecule has 138 valence electrons. The normalized spacial score (nSPS) is 11.1. The van der Waals surface area contributed by atoms with E-state index in [4.69, 9.17) is 15.6 Å². The van der Waals surface area contributed by atoms with Gasteiger partial charge in [0.25, 0.3) is 5.91 Å². The van der Waals surface area contributed by atoms with E-state index in [1.807, 2.05) is 13.8 Å². The third kappa shape index (κ3) is 7.11. The van der Waals surface area contributed by atoms with Gasteiger partial charge in [-0.05, 0) is 52.3 Å². The summed E-state index contributed by atoms with van der Waals surface area (Å²) in [5.74, 6) is -1.25. The van der Waals surface area contributed by atoms with Crippen LogP contribution >= 0.6 is 0 Å². The summed E-state index contributed by atoms with van der Waals surface area (Å²) in [5, 5.41) is 14.0. The third-order valence-electron chi connectivity index (χ3n) is 3.28. The topological polar surface area (TPSA) is 131 Å². The SMILES string of the molecule is CC(C)Oc1ccc(NC(=O)NC(C)(C)CCC(=O)O)cc1C(N)=O. The summed E-state index contributed by atoms with van der Waals surface area (Å²) < 4.78 is 5.52. The molecule has 0 heterocycles. The van der Waals surface area contributed by atoms with Crippen molar-refractivity contribution in [3.05, 3.63) is 23.8 Å². The molecular weight excluding hydrogens is 326 g/mol. The lowest BCUT2D eigenvalue weighted by atomic mass is 9.99. The molecule has 0 saturated heterocycles. The number of amides is 3. The van der Waals surface area contributed by atoms with Crippen LogP contribution in [0.4, 0.5) is 10.5 Å². The van der Waals surface area contributed by atoms with Crippen molar-refractivity contribution in [1.82, 2.24) is 5.32 Å². The fraction of sp³-hybridized carbons (Fsp3) is 0.471. The van der Waals surface area contributed by atoms with Crippen LogP contribution in [0.2, 0.25) is 0 Å². The van der Waals surface area contributed by atoms with Crippen molar-refractivity contribution < 1.29 is 24.2 Å². The average Bonchev–Trinajstić information content (AvgIpc) is 2.45. The summed E-state index contributed by atoms with van der Waals surface area (Å²) in [6.07, 6.45) is 0.0966. The first-order valence-electron chi connectivity index (χ1n) is 7.91. The first kappa shape index (κ1) is 20.3. The number of ether oxygens (including phenoxy) is 1. The molecule has 3 amide bonds. The van der Waals surface area contributed by atoms with Crippen molar-refractivity contribution in [3.8, 4) is 5.75 Å². The van der Waals surface area contributed by atoms with Crippen LogP contribution < -0.4 is 21.1 Å². The van der Waals surface area contributed by atoms with Gasteiger partial charge in [-0.3, -0.25) is 9.59 Å². The van der Waals surface area contributed by atoms with E-state index in [9.17, 15) is 14.4 Å². The Morgan fingerprint density at radius 3 is 2.44 bits per heavy atom. The van der Waals surface area contributed by atoms with Crippen molar-refractivity contribution in [2.75, 3.05) is 5.32 Å². The highest BCUT2D eigenvalue weighted by Gasteiger charge is 2.22. The summed E-state index contributed by atoms with van der Waals surface area (Å²) in [4.78, 5) is 34.3. The number of carbonyl (C=O) groups is 3. The van der Waals surface area contributed by atoms with E-state index in [0.717, 1.165) is 0 Å². The van der Waals surface area contributed by atoms with Gasteiger partial charge in [0.15, 0.2) is 0 Å². The second kappa shape index (κ2) is 8.36. The molecule has 1 rings (SSSR count). The van der Waals surface area contributed by atoms with Crippen LogP contribution in [0.5, 0.6) is 5.75 Å². The predicted octanol–water partition coefficient (Wildman–Crippen LogP) is 2.34. The molecule has 0 aliphatic heterocycles. The van der Waals surface area contributed by atoms with E-state index in [1.165, 1.54) is 6.07 Å². The average molecular weight is 351 g/mol. The Balaban J connectivity index is 2.81. The highest BCUT2D eigenvalue weighted by Crippen LogP contribution is 2.24. The summed E-state index contributed by atoms with van der Waals surface area (Å²) >= 11 is 0. The third-order valence-corrected chi connectivity index (χ3v) is 3.28. The molecule has 8 heteroatoms. The summed E-state index contributed by atoms with van der Waals surface area (Å²) in [7, 11) is 0. The second-order valence-electron chi connectivity index (χ2n) is 6.60. The Morgan fingerprint density at radius 2 is 1.92 bits per heavy atom. The number of carbonyl (C=O) groups excluding carboxylic acids is 2. The molecule has 0 radical (unpaired) electrons. The van der Waals surface area contributed by atoms with Crippen molar-refractivity contribution in [1.29, 1.82) is 0 Å². The zero-order valence-electron chi connectivity index (χ0n) is 14.9. The quantitative estimate of drug-likeness (QED) is 0.571. The van der Waals surface area contributed by atoms with Gasteiger partial charge < -0.3 is 26.2 Å². The van der Waals surface area contributed by atoms with Crippen LogP contribution in [0.1, 0.15) is 50.9 Å². The molecule has 5 N–H and O–H groups in total. The lowest BCUT2D eigenvalue weighted by Gasteiger charge is -2.25. The number of rotatable bonds is 8. The van der Waals surface area contributed by atoms with Crippen LogP contribution in [-0.2, 0) is 4.79 Å². The molecule has 0 aliphatic rings. The van der Waals surface area contributed by atoms with Gasteiger partial charge in [-0.25, -0.2) is 4.79 Å². The molecule has 8 nitrogen and oxygen atoms in total. The largest absolute Gasteiger partial charge is 0.490 e. The molecule has 1 aromatic rings. The fourth-order valence-electron chi connectivity index (χ4n) is 2.11. The Kier molecular flexibility index (Phi) is 6.78. The molecule has 25 heavy (non-hydrogen) atoms.